The van der Waals surface area contributed by atoms with Crippen molar-refractivity contribution in [2.24, 2.45) is 5.73 Å². The molecule has 7 nitrogen and oxygen atoms in total. The summed E-state index contributed by atoms with van der Waals surface area (Å²) >= 11 is 3.35. The van der Waals surface area contributed by atoms with Gasteiger partial charge in [0.2, 0.25) is 0 Å². The fraction of sp³-hybridized carbons (Fsp3) is 0.235. The molecule has 1 aromatic carbocycles. The molecule has 0 saturated heterocycles. The highest BCUT2D eigenvalue weighted by Crippen LogP contribution is 2.37. The van der Waals surface area contributed by atoms with Crippen molar-refractivity contribution in [1.82, 2.24) is 4.90 Å². The number of hydrogen-bond donors (Lipinski definition) is 2. The third-order valence-corrected chi connectivity index (χ3v) is 6.15. The van der Waals surface area contributed by atoms with Crippen LogP contribution in [0.25, 0.3) is 0 Å². The molecule has 3 amide bonds. The lowest BCUT2D eigenvalue weighted by Gasteiger charge is -2.25. The van der Waals surface area contributed by atoms with Crippen LogP contribution in [0.4, 0.5) is 9.80 Å². The van der Waals surface area contributed by atoms with E-state index in [-0.39, 0.29) is 5.91 Å². The number of nitrogens with zero attached hydrogens (tertiary/aromatic N) is 1. The van der Waals surface area contributed by atoms with Crippen molar-refractivity contribution < 1.29 is 19.1 Å². The van der Waals surface area contributed by atoms with E-state index >= 15 is 0 Å². The lowest BCUT2D eigenvalue weighted by Crippen LogP contribution is -2.35. The molecular weight excluding hydrogens is 469 g/mol. The smallest absolute Gasteiger partial charge is 0.409 e. The molecule has 0 unspecified atom stereocenters. The SMILES string of the molecule is COC(=O)N1CCc2c(sc(NC(=O)c3ccccc3I)c2C(N)=O)C1. The van der Waals surface area contributed by atoms with E-state index in [0.29, 0.717) is 35.6 Å². The second-order valence-electron chi connectivity index (χ2n) is 5.65. The molecule has 2 aromatic rings. The van der Waals surface area contributed by atoms with Crippen molar-refractivity contribution >= 4 is 56.8 Å². The number of methoxy groups -OCH3 is 1. The van der Waals surface area contributed by atoms with Gasteiger partial charge in [-0.05, 0) is 46.7 Å². The predicted molar refractivity (Wildman–Crippen MR) is 106 cm³/mol. The normalized spacial score (nSPS) is 13.1. The quantitative estimate of drug-likeness (QED) is 0.653. The van der Waals surface area contributed by atoms with Crippen LogP contribution in [0.2, 0.25) is 0 Å². The zero-order chi connectivity index (χ0) is 18.8. The summed E-state index contributed by atoms with van der Waals surface area (Å²) in [7, 11) is 1.33. The third-order valence-electron chi connectivity index (χ3n) is 4.08. The average Bonchev–Trinajstić information content (AvgIpc) is 2.98. The summed E-state index contributed by atoms with van der Waals surface area (Å²) < 4.78 is 5.56. The molecule has 9 heteroatoms. The monoisotopic (exact) mass is 485 g/mol. The maximum atomic E-state index is 12.6. The molecule has 3 N–H and O–H groups in total. The number of nitrogens with one attached hydrogen (secondary N) is 1. The Morgan fingerprint density at radius 2 is 2.04 bits per heavy atom. The molecule has 0 fully saturated rings. The molecule has 0 aliphatic carbocycles. The Balaban J connectivity index is 1.92. The minimum absolute atomic E-state index is 0.305. The minimum Gasteiger partial charge on any atom is -0.453 e. The summed E-state index contributed by atoms with van der Waals surface area (Å²) in [5, 5.41) is 3.22. The largest absolute Gasteiger partial charge is 0.453 e. The van der Waals surface area contributed by atoms with Crippen LogP contribution in [0.1, 0.15) is 31.2 Å². The third kappa shape index (κ3) is 3.54. The lowest BCUT2D eigenvalue weighted by molar-refractivity contribution is 0.0999. The Morgan fingerprint density at radius 3 is 2.69 bits per heavy atom. The Morgan fingerprint density at radius 1 is 1.31 bits per heavy atom. The summed E-state index contributed by atoms with van der Waals surface area (Å²) in [5.41, 5.74) is 7.20. The van der Waals surface area contributed by atoms with Crippen LogP contribution < -0.4 is 11.1 Å². The van der Waals surface area contributed by atoms with Gasteiger partial charge in [-0.25, -0.2) is 4.79 Å². The predicted octanol–water partition coefficient (Wildman–Crippen LogP) is 2.83. The summed E-state index contributed by atoms with van der Waals surface area (Å²) in [4.78, 5) is 38.7. The minimum atomic E-state index is -0.591. The van der Waals surface area contributed by atoms with Gasteiger partial charge >= 0.3 is 6.09 Å². The molecule has 0 spiro atoms. The molecule has 0 bridgehead atoms. The van der Waals surface area contributed by atoms with Gasteiger partial charge < -0.3 is 20.7 Å². The van der Waals surface area contributed by atoms with Crippen LogP contribution >= 0.6 is 33.9 Å². The maximum Gasteiger partial charge on any atom is 0.409 e. The average molecular weight is 485 g/mol. The van der Waals surface area contributed by atoms with Crippen molar-refractivity contribution in [2.45, 2.75) is 13.0 Å². The van der Waals surface area contributed by atoms with Crippen LogP contribution in [-0.2, 0) is 17.7 Å². The molecule has 26 heavy (non-hydrogen) atoms. The van der Waals surface area contributed by atoms with Crippen LogP contribution in [0.3, 0.4) is 0 Å². The number of hydrogen-bond acceptors (Lipinski definition) is 5. The molecule has 1 aliphatic rings. The molecule has 2 heterocycles. The highest BCUT2D eigenvalue weighted by Gasteiger charge is 2.30. The summed E-state index contributed by atoms with van der Waals surface area (Å²) in [6, 6.07) is 7.17. The zero-order valence-corrected chi connectivity index (χ0v) is 16.8. The van der Waals surface area contributed by atoms with Crippen molar-refractivity contribution in [3.8, 4) is 0 Å². The molecule has 136 valence electrons. The molecular formula is C17H16IN3O4S. The Bertz CT molecular complexity index is 896. The van der Waals surface area contributed by atoms with Crippen molar-refractivity contribution in [3.63, 3.8) is 0 Å². The van der Waals surface area contributed by atoms with E-state index in [1.165, 1.54) is 18.4 Å². The number of thiophene rings is 1. The highest BCUT2D eigenvalue weighted by molar-refractivity contribution is 14.1. The number of amides is 3. The highest BCUT2D eigenvalue weighted by atomic mass is 127. The van der Waals surface area contributed by atoms with Gasteiger partial charge in [-0.1, -0.05) is 12.1 Å². The number of rotatable bonds is 3. The molecule has 0 radical (unpaired) electrons. The molecule has 1 aromatic heterocycles. The van der Waals surface area contributed by atoms with Crippen LogP contribution in [0, 0.1) is 3.57 Å². The van der Waals surface area contributed by atoms with Gasteiger partial charge in [-0.2, -0.15) is 0 Å². The van der Waals surface area contributed by atoms with Crippen molar-refractivity contribution in [2.75, 3.05) is 19.0 Å². The fourth-order valence-corrected chi connectivity index (χ4v) is 4.75. The zero-order valence-electron chi connectivity index (χ0n) is 13.9. The van der Waals surface area contributed by atoms with Crippen LogP contribution in [0.15, 0.2) is 24.3 Å². The number of nitrogens with two attached hydrogens (primary N) is 1. The van der Waals surface area contributed by atoms with Gasteiger partial charge in [0.15, 0.2) is 0 Å². The van der Waals surface area contributed by atoms with Gasteiger partial charge in [0, 0.05) is 15.0 Å². The standard InChI is InChI=1S/C17H16IN3O4S/c1-25-17(24)21-7-6-10-12(8-21)26-16(13(10)14(19)22)20-15(23)9-4-2-3-5-11(9)18/h2-5H,6-8H2,1H3,(H2,19,22)(H,20,23). The van der Waals surface area contributed by atoms with Gasteiger partial charge in [-0.3, -0.25) is 9.59 Å². The topological polar surface area (TPSA) is 102 Å². The van der Waals surface area contributed by atoms with Gasteiger partial charge in [0.25, 0.3) is 11.8 Å². The molecule has 0 atom stereocenters. The van der Waals surface area contributed by atoms with E-state index in [4.69, 9.17) is 10.5 Å². The Hall–Kier alpha value is -2.14. The Kier molecular flexibility index (Phi) is 5.47. The molecule has 1 aliphatic heterocycles. The second kappa shape index (κ2) is 7.62. The first-order valence-corrected chi connectivity index (χ1v) is 9.65. The van der Waals surface area contributed by atoms with Gasteiger partial charge in [-0.15, -0.1) is 11.3 Å². The van der Waals surface area contributed by atoms with Crippen LogP contribution in [-0.4, -0.2) is 36.5 Å². The fourth-order valence-electron chi connectivity index (χ4n) is 2.85. The van der Waals surface area contributed by atoms with E-state index < -0.39 is 12.0 Å². The number of fused-ring (bicyclic) bond motifs is 1. The number of benzene rings is 1. The number of carbonyl (C=O) groups is 3. The van der Waals surface area contributed by atoms with Gasteiger partial charge in [0.1, 0.15) is 5.00 Å². The Labute approximate surface area is 167 Å². The van der Waals surface area contributed by atoms with Crippen LogP contribution in [0.5, 0.6) is 0 Å². The first kappa shape index (κ1) is 18.6. The van der Waals surface area contributed by atoms with E-state index in [9.17, 15) is 14.4 Å². The lowest BCUT2D eigenvalue weighted by atomic mass is 10.0. The van der Waals surface area contributed by atoms with Crippen molar-refractivity contribution in [1.29, 1.82) is 0 Å². The van der Waals surface area contributed by atoms with E-state index in [2.05, 4.69) is 27.9 Å². The number of halogens is 1. The number of anilines is 1. The summed E-state index contributed by atoms with van der Waals surface area (Å²) in [6.45, 7) is 0.756. The maximum absolute atomic E-state index is 12.6. The first-order chi connectivity index (χ1) is 12.4. The summed E-state index contributed by atoms with van der Waals surface area (Å²) in [6.07, 6.45) is 0.0619. The van der Waals surface area contributed by atoms with Crippen molar-refractivity contribution in [3.05, 3.63) is 49.4 Å². The van der Waals surface area contributed by atoms with E-state index in [1.54, 1.807) is 17.0 Å². The first-order valence-electron chi connectivity index (χ1n) is 7.75. The second-order valence-corrected chi connectivity index (χ2v) is 7.92. The number of carbonyl (C=O) groups excluding carboxylic acids is 3. The van der Waals surface area contributed by atoms with E-state index in [0.717, 1.165) is 14.0 Å². The van der Waals surface area contributed by atoms with E-state index in [1.807, 2.05) is 12.1 Å². The summed E-state index contributed by atoms with van der Waals surface area (Å²) in [5.74, 6) is -0.895. The number of primary amides is 1. The molecule has 0 saturated carbocycles. The number of ether oxygens (including phenoxy) is 1. The van der Waals surface area contributed by atoms with Gasteiger partial charge in [0.05, 0.1) is 24.8 Å². The molecule has 3 rings (SSSR count).